The Labute approximate surface area is 121 Å². The second kappa shape index (κ2) is 5.10. The topological polar surface area (TPSA) is 12.0 Å². The third kappa shape index (κ3) is 2.83. The van der Waals surface area contributed by atoms with E-state index in [9.17, 15) is 0 Å². The highest BCUT2D eigenvalue weighted by molar-refractivity contribution is 6.31. The second-order valence-corrected chi connectivity index (χ2v) is 7.12. The molecule has 1 N–H and O–H groups in total. The summed E-state index contributed by atoms with van der Waals surface area (Å²) in [5.41, 5.74) is 3.05. The molecule has 0 bridgehead atoms. The molecule has 2 heteroatoms. The Balaban J connectivity index is 1.77. The number of halogens is 1. The van der Waals surface area contributed by atoms with Gasteiger partial charge in [0.25, 0.3) is 0 Å². The molecule has 0 aromatic heterocycles. The van der Waals surface area contributed by atoms with Crippen LogP contribution in [0.4, 0.5) is 0 Å². The monoisotopic (exact) mass is 277 g/mol. The number of aryl methyl sites for hydroxylation is 1. The summed E-state index contributed by atoms with van der Waals surface area (Å²) in [6.07, 6.45) is 5.42. The molecule has 0 heterocycles. The minimum atomic E-state index is 0.461. The fourth-order valence-corrected chi connectivity index (χ4v) is 4.25. The molecule has 1 aromatic carbocycles. The van der Waals surface area contributed by atoms with Crippen molar-refractivity contribution in [3.05, 3.63) is 34.3 Å². The van der Waals surface area contributed by atoms with Crippen LogP contribution in [0.5, 0.6) is 0 Å². The van der Waals surface area contributed by atoms with Crippen LogP contribution in [-0.2, 0) is 6.42 Å². The van der Waals surface area contributed by atoms with E-state index < -0.39 is 0 Å². The minimum absolute atomic E-state index is 0.461. The molecule has 3 rings (SSSR count). The summed E-state index contributed by atoms with van der Waals surface area (Å²) in [5.74, 6) is 2.03. The quantitative estimate of drug-likeness (QED) is 0.850. The maximum atomic E-state index is 6.43. The van der Waals surface area contributed by atoms with Gasteiger partial charge in [0, 0.05) is 11.6 Å². The lowest BCUT2D eigenvalue weighted by Gasteiger charge is -2.32. The summed E-state index contributed by atoms with van der Waals surface area (Å²) in [6, 6.07) is 6.53. The first-order valence-corrected chi connectivity index (χ1v) is 7.95. The van der Waals surface area contributed by atoms with Gasteiger partial charge in [-0.1, -0.05) is 30.7 Å². The molecule has 0 spiro atoms. The van der Waals surface area contributed by atoms with Gasteiger partial charge in [-0.15, -0.1) is 0 Å². The van der Waals surface area contributed by atoms with Crippen molar-refractivity contribution in [3.63, 3.8) is 0 Å². The largest absolute Gasteiger partial charge is 0.316 e. The van der Waals surface area contributed by atoms with Gasteiger partial charge in [-0.2, -0.15) is 0 Å². The van der Waals surface area contributed by atoms with Gasteiger partial charge in [0.1, 0.15) is 0 Å². The van der Waals surface area contributed by atoms with Crippen LogP contribution >= 0.6 is 11.6 Å². The summed E-state index contributed by atoms with van der Waals surface area (Å²) in [7, 11) is 0. The number of nitrogens with one attached hydrogen (secondary N) is 1. The van der Waals surface area contributed by atoms with E-state index in [1.807, 2.05) is 0 Å². The average molecular weight is 278 g/mol. The van der Waals surface area contributed by atoms with Crippen molar-refractivity contribution >= 4 is 11.6 Å². The fraction of sp³-hybridized carbons (Fsp3) is 0.647. The van der Waals surface area contributed by atoms with Crippen molar-refractivity contribution in [1.29, 1.82) is 0 Å². The van der Waals surface area contributed by atoms with Crippen LogP contribution in [0.3, 0.4) is 0 Å². The van der Waals surface area contributed by atoms with Crippen LogP contribution < -0.4 is 5.32 Å². The van der Waals surface area contributed by atoms with E-state index in [0.717, 1.165) is 36.4 Å². The highest BCUT2D eigenvalue weighted by atomic mass is 35.5. The van der Waals surface area contributed by atoms with Gasteiger partial charge < -0.3 is 5.32 Å². The molecule has 2 aliphatic rings. The van der Waals surface area contributed by atoms with Crippen LogP contribution in [0.2, 0.25) is 5.02 Å². The number of rotatable bonds is 5. The van der Waals surface area contributed by atoms with Crippen molar-refractivity contribution in [2.24, 2.45) is 17.3 Å². The zero-order chi connectivity index (χ0) is 13.5. The Morgan fingerprint density at radius 2 is 2.05 bits per heavy atom. The fourth-order valence-electron chi connectivity index (χ4n) is 3.95. The Morgan fingerprint density at radius 3 is 2.68 bits per heavy atom. The van der Waals surface area contributed by atoms with Gasteiger partial charge in [0.2, 0.25) is 0 Å². The molecular weight excluding hydrogens is 254 g/mol. The van der Waals surface area contributed by atoms with Crippen molar-refractivity contribution in [2.45, 2.75) is 39.5 Å². The van der Waals surface area contributed by atoms with Crippen molar-refractivity contribution in [2.75, 3.05) is 13.1 Å². The zero-order valence-corrected chi connectivity index (χ0v) is 12.8. The maximum Gasteiger partial charge on any atom is 0.0440 e. The summed E-state index contributed by atoms with van der Waals surface area (Å²) in [4.78, 5) is 0. The number of benzene rings is 1. The highest BCUT2D eigenvalue weighted by Crippen LogP contribution is 2.60. The molecule has 104 valence electrons. The maximum absolute atomic E-state index is 6.43. The van der Waals surface area contributed by atoms with Gasteiger partial charge in [0.15, 0.2) is 0 Å². The van der Waals surface area contributed by atoms with Gasteiger partial charge in [0.05, 0.1) is 0 Å². The standard InChI is InChI=1S/C17H24ClN/c1-3-19-11-17(9-14-7-15(14)10-17)8-13-5-4-12(2)6-16(13)18/h4-6,14-15,19H,3,7-11H2,1-2H3. The van der Waals surface area contributed by atoms with Gasteiger partial charge in [-0.25, -0.2) is 0 Å². The smallest absolute Gasteiger partial charge is 0.0440 e. The Bertz CT molecular complexity index is 458. The third-order valence-corrected chi connectivity index (χ3v) is 5.34. The molecule has 19 heavy (non-hydrogen) atoms. The van der Waals surface area contributed by atoms with E-state index in [4.69, 9.17) is 11.6 Å². The summed E-state index contributed by atoms with van der Waals surface area (Å²) in [6.45, 7) is 6.52. The predicted octanol–water partition coefficient (Wildman–Crippen LogP) is 4.22. The molecule has 0 amide bonds. The summed E-state index contributed by atoms with van der Waals surface area (Å²) < 4.78 is 0. The molecule has 0 radical (unpaired) electrons. The van der Waals surface area contributed by atoms with Crippen molar-refractivity contribution < 1.29 is 0 Å². The van der Waals surface area contributed by atoms with E-state index >= 15 is 0 Å². The first-order valence-electron chi connectivity index (χ1n) is 7.58. The van der Waals surface area contributed by atoms with E-state index in [-0.39, 0.29) is 0 Å². The Kier molecular flexibility index (Phi) is 3.61. The zero-order valence-electron chi connectivity index (χ0n) is 12.0. The SMILES string of the molecule is CCNCC1(Cc2ccc(C)cc2Cl)CC2CC2C1. The molecule has 2 aliphatic carbocycles. The summed E-state index contributed by atoms with van der Waals surface area (Å²) >= 11 is 6.43. The van der Waals surface area contributed by atoms with Crippen LogP contribution in [0.25, 0.3) is 0 Å². The highest BCUT2D eigenvalue weighted by Gasteiger charge is 2.53. The molecule has 0 saturated heterocycles. The normalized spacial score (nSPS) is 32.4. The van der Waals surface area contributed by atoms with Gasteiger partial charge in [-0.05, 0) is 73.6 Å². The summed E-state index contributed by atoms with van der Waals surface area (Å²) in [5, 5.41) is 4.54. The van der Waals surface area contributed by atoms with Crippen LogP contribution in [0, 0.1) is 24.2 Å². The minimum Gasteiger partial charge on any atom is -0.316 e. The number of hydrogen-bond donors (Lipinski definition) is 1. The van der Waals surface area contributed by atoms with Crippen LogP contribution in [0.15, 0.2) is 18.2 Å². The molecule has 0 aliphatic heterocycles. The lowest BCUT2D eigenvalue weighted by Crippen LogP contribution is -2.35. The van der Waals surface area contributed by atoms with E-state index in [1.165, 1.54) is 30.4 Å². The molecule has 1 aromatic rings. The van der Waals surface area contributed by atoms with Crippen LogP contribution in [-0.4, -0.2) is 13.1 Å². The van der Waals surface area contributed by atoms with Crippen LogP contribution in [0.1, 0.15) is 37.3 Å². The lowest BCUT2D eigenvalue weighted by atomic mass is 9.77. The van der Waals surface area contributed by atoms with E-state index in [0.29, 0.717) is 5.41 Å². The number of hydrogen-bond acceptors (Lipinski definition) is 1. The lowest BCUT2D eigenvalue weighted by molar-refractivity contribution is 0.250. The molecule has 2 fully saturated rings. The Morgan fingerprint density at radius 1 is 1.32 bits per heavy atom. The van der Waals surface area contributed by atoms with Crippen molar-refractivity contribution in [1.82, 2.24) is 5.32 Å². The number of fused-ring (bicyclic) bond motifs is 1. The molecular formula is C17H24ClN. The molecule has 2 atom stereocenters. The average Bonchev–Trinajstić information content (AvgIpc) is 2.99. The Hall–Kier alpha value is -0.530. The first-order chi connectivity index (χ1) is 9.12. The van der Waals surface area contributed by atoms with E-state index in [2.05, 4.69) is 37.4 Å². The van der Waals surface area contributed by atoms with Gasteiger partial charge in [-0.3, -0.25) is 0 Å². The first kappa shape index (κ1) is 13.5. The molecule has 1 nitrogen and oxygen atoms in total. The predicted molar refractivity (Wildman–Crippen MR) is 81.7 cm³/mol. The van der Waals surface area contributed by atoms with Crippen molar-refractivity contribution in [3.8, 4) is 0 Å². The third-order valence-electron chi connectivity index (χ3n) is 4.98. The second-order valence-electron chi connectivity index (χ2n) is 6.72. The van der Waals surface area contributed by atoms with Gasteiger partial charge >= 0.3 is 0 Å². The molecule has 2 saturated carbocycles. The van der Waals surface area contributed by atoms with E-state index in [1.54, 1.807) is 0 Å². The molecule has 2 unspecified atom stereocenters.